The zero-order chi connectivity index (χ0) is 13.9. The summed E-state index contributed by atoms with van der Waals surface area (Å²) in [6, 6.07) is 8.36. The molecule has 0 saturated heterocycles. The molecule has 0 aliphatic carbocycles. The van der Waals surface area contributed by atoms with E-state index in [0.717, 1.165) is 35.5 Å². The van der Waals surface area contributed by atoms with E-state index in [1.165, 1.54) is 11.7 Å². The maximum Gasteiger partial charge on any atom is 0.111 e. The molecular weight excluding hydrogens is 270 g/mol. The lowest BCUT2D eigenvalue weighted by atomic mass is 10.1. The second-order valence-corrected chi connectivity index (χ2v) is 5.28. The van der Waals surface area contributed by atoms with Gasteiger partial charge in [0.25, 0.3) is 0 Å². The van der Waals surface area contributed by atoms with Gasteiger partial charge in [-0.15, -0.1) is 0 Å². The van der Waals surface area contributed by atoms with Crippen LogP contribution in [0.1, 0.15) is 24.5 Å². The van der Waals surface area contributed by atoms with Gasteiger partial charge in [-0.05, 0) is 18.7 Å². The molecule has 0 spiro atoms. The average molecular weight is 287 g/mol. The molecule has 0 radical (unpaired) electrons. The summed E-state index contributed by atoms with van der Waals surface area (Å²) in [5.74, 6) is 1.06. The van der Waals surface area contributed by atoms with Crippen molar-refractivity contribution >= 4 is 22.8 Å². The van der Waals surface area contributed by atoms with Crippen molar-refractivity contribution in [1.29, 1.82) is 0 Å². The van der Waals surface area contributed by atoms with Crippen molar-refractivity contribution in [2.24, 2.45) is 7.05 Å². The van der Waals surface area contributed by atoms with Crippen molar-refractivity contribution in [2.45, 2.75) is 19.4 Å². The van der Waals surface area contributed by atoms with Crippen LogP contribution in [-0.2, 0) is 13.5 Å². The van der Waals surface area contributed by atoms with E-state index in [-0.39, 0.29) is 6.04 Å². The lowest BCUT2D eigenvalue weighted by molar-refractivity contribution is 0.522. The summed E-state index contributed by atoms with van der Waals surface area (Å²) in [4.78, 5) is 4.72. The molecule has 0 fully saturated rings. The zero-order valence-corrected chi connectivity index (χ0v) is 12.4. The SMILES string of the molecule is CCNC(Cc1nc2ccccc2n1C)c1cnsn1. The minimum absolute atomic E-state index is 0.161. The minimum Gasteiger partial charge on any atom is -0.331 e. The van der Waals surface area contributed by atoms with Crippen LogP contribution in [0.15, 0.2) is 30.5 Å². The highest BCUT2D eigenvalue weighted by atomic mass is 32.1. The van der Waals surface area contributed by atoms with Gasteiger partial charge in [0.2, 0.25) is 0 Å². The first-order valence-corrected chi connectivity index (χ1v) is 7.43. The summed E-state index contributed by atoms with van der Waals surface area (Å²) in [5, 5.41) is 3.46. The first kappa shape index (κ1) is 13.2. The standard InChI is InChI=1S/C14H17N5S/c1-3-15-11(12-9-16-20-18-12)8-14-17-10-6-4-5-7-13(10)19(14)2/h4-7,9,11,15H,3,8H2,1-2H3. The fourth-order valence-corrected chi connectivity index (χ4v) is 2.88. The second-order valence-electron chi connectivity index (χ2n) is 4.72. The van der Waals surface area contributed by atoms with Gasteiger partial charge >= 0.3 is 0 Å². The third-order valence-electron chi connectivity index (χ3n) is 3.45. The molecule has 0 saturated carbocycles. The quantitative estimate of drug-likeness (QED) is 0.782. The van der Waals surface area contributed by atoms with Crippen LogP contribution >= 0.6 is 11.7 Å². The van der Waals surface area contributed by atoms with Gasteiger partial charge in [-0.1, -0.05) is 19.1 Å². The summed E-state index contributed by atoms with van der Waals surface area (Å²) >= 11 is 1.25. The molecule has 3 rings (SSSR count). The minimum atomic E-state index is 0.161. The molecule has 3 aromatic rings. The number of imidazole rings is 1. The Hall–Kier alpha value is -1.79. The number of nitrogens with zero attached hydrogens (tertiary/aromatic N) is 4. The van der Waals surface area contributed by atoms with Crippen molar-refractivity contribution in [1.82, 2.24) is 23.6 Å². The Morgan fingerprint density at radius 3 is 2.90 bits per heavy atom. The Morgan fingerprint density at radius 1 is 1.35 bits per heavy atom. The molecule has 5 nitrogen and oxygen atoms in total. The fourth-order valence-electron chi connectivity index (χ4n) is 2.41. The molecule has 104 valence electrons. The van der Waals surface area contributed by atoms with E-state index in [0.29, 0.717) is 0 Å². The van der Waals surface area contributed by atoms with E-state index in [4.69, 9.17) is 4.98 Å². The molecule has 2 heterocycles. The first-order valence-electron chi connectivity index (χ1n) is 6.70. The van der Waals surface area contributed by atoms with Crippen LogP contribution in [0.25, 0.3) is 11.0 Å². The highest BCUT2D eigenvalue weighted by Crippen LogP contribution is 2.20. The number of hydrogen-bond donors (Lipinski definition) is 1. The number of aryl methyl sites for hydroxylation is 1. The largest absolute Gasteiger partial charge is 0.331 e. The number of likely N-dealkylation sites (N-methyl/N-ethyl adjacent to an activating group) is 1. The van der Waals surface area contributed by atoms with E-state index in [1.807, 2.05) is 24.4 Å². The Bertz CT molecular complexity index is 689. The van der Waals surface area contributed by atoms with Gasteiger partial charge in [0.15, 0.2) is 0 Å². The van der Waals surface area contributed by atoms with E-state index in [2.05, 4.69) is 38.7 Å². The maximum absolute atomic E-state index is 4.72. The Balaban J connectivity index is 1.92. The number of aromatic nitrogens is 4. The van der Waals surface area contributed by atoms with Crippen molar-refractivity contribution < 1.29 is 0 Å². The molecule has 1 atom stereocenters. The molecule has 1 aromatic carbocycles. The molecule has 20 heavy (non-hydrogen) atoms. The number of benzene rings is 1. The monoisotopic (exact) mass is 287 g/mol. The molecule has 0 amide bonds. The normalized spacial score (nSPS) is 12.9. The third kappa shape index (κ3) is 2.44. The molecule has 0 aliphatic heterocycles. The van der Waals surface area contributed by atoms with Crippen LogP contribution in [0.2, 0.25) is 0 Å². The summed E-state index contributed by atoms with van der Waals surface area (Å²) in [6.07, 6.45) is 2.64. The van der Waals surface area contributed by atoms with Gasteiger partial charge in [-0.2, -0.15) is 8.75 Å². The summed E-state index contributed by atoms with van der Waals surface area (Å²) in [6.45, 7) is 2.99. The van der Waals surface area contributed by atoms with Crippen LogP contribution < -0.4 is 5.32 Å². The van der Waals surface area contributed by atoms with Crippen molar-refractivity contribution in [3.63, 3.8) is 0 Å². The molecule has 1 unspecified atom stereocenters. The fraction of sp³-hybridized carbons (Fsp3) is 0.357. The summed E-state index contributed by atoms with van der Waals surface area (Å²) in [5.41, 5.74) is 3.19. The lowest BCUT2D eigenvalue weighted by Crippen LogP contribution is -2.24. The molecule has 0 aliphatic rings. The molecule has 0 bridgehead atoms. The van der Waals surface area contributed by atoms with Crippen LogP contribution in [0, 0.1) is 0 Å². The molecule has 1 N–H and O–H groups in total. The predicted molar refractivity (Wildman–Crippen MR) is 80.7 cm³/mol. The Kier molecular flexibility index (Phi) is 3.75. The van der Waals surface area contributed by atoms with Crippen molar-refractivity contribution in [3.05, 3.63) is 42.0 Å². The van der Waals surface area contributed by atoms with E-state index in [9.17, 15) is 0 Å². The first-order chi connectivity index (χ1) is 9.79. The highest BCUT2D eigenvalue weighted by Gasteiger charge is 2.17. The van der Waals surface area contributed by atoms with Crippen LogP contribution in [0.5, 0.6) is 0 Å². The maximum atomic E-state index is 4.72. The number of hydrogen-bond acceptors (Lipinski definition) is 5. The number of nitrogens with one attached hydrogen (secondary N) is 1. The van der Waals surface area contributed by atoms with Gasteiger partial charge in [-0.3, -0.25) is 0 Å². The second kappa shape index (κ2) is 5.68. The van der Waals surface area contributed by atoms with Gasteiger partial charge in [-0.25, -0.2) is 4.98 Å². The summed E-state index contributed by atoms with van der Waals surface area (Å²) < 4.78 is 10.6. The Labute approximate surface area is 122 Å². The van der Waals surface area contributed by atoms with Gasteiger partial charge < -0.3 is 9.88 Å². The lowest BCUT2D eigenvalue weighted by Gasteiger charge is -2.14. The van der Waals surface area contributed by atoms with Crippen molar-refractivity contribution in [2.75, 3.05) is 6.54 Å². The van der Waals surface area contributed by atoms with Gasteiger partial charge in [0.1, 0.15) is 5.82 Å². The van der Waals surface area contributed by atoms with Gasteiger partial charge in [0.05, 0.1) is 40.7 Å². The van der Waals surface area contributed by atoms with Crippen LogP contribution in [0.4, 0.5) is 0 Å². The van der Waals surface area contributed by atoms with E-state index >= 15 is 0 Å². The third-order valence-corrected chi connectivity index (χ3v) is 3.94. The predicted octanol–water partition coefficient (Wildman–Crippen LogP) is 2.32. The van der Waals surface area contributed by atoms with Gasteiger partial charge in [0, 0.05) is 13.5 Å². The van der Waals surface area contributed by atoms with Crippen LogP contribution in [-0.4, -0.2) is 24.8 Å². The number of rotatable bonds is 5. The highest BCUT2D eigenvalue weighted by molar-refractivity contribution is 6.99. The summed E-state index contributed by atoms with van der Waals surface area (Å²) in [7, 11) is 2.06. The van der Waals surface area contributed by atoms with E-state index < -0.39 is 0 Å². The average Bonchev–Trinajstić information content (AvgIpc) is 3.08. The Morgan fingerprint density at radius 2 is 2.20 bits per heavy atom. The number of para-hydroxylation sites is 2. The van der Waals surface area contributed by atoms with Crippen LogP contribution in [0.3, 0.4) is 0 Å². The molecular formula is C14H17N5S. The topological polar surface area (TPSA) is 55.6 Å². The molecule has 2 aromatic heterocycles. The number of fused-ring (bicyclic) bond motifs is 1. The van der Waals surface area contributed by atoms with E-state index in [1.54, 1.807) is 0 Å². The van der Waals surface area contributed by atoms with Crippen molar-refractivity contribution in [3.8, 4) is 0 Å². The molecule has 6 heteroatoms. The zero-order valence-electron chi connectivity index (χ0n) is 11.6. The smallest absolute Gasteiger partial charge is 0.111 e.